The van der Waals surface area contributed by atoms with Crippen LogP contribution in [0.25, 0.3) is 0 Å². The lowest BCUT2D eigenvalue weighted by Gasteiger charge is -2.34. The highest BCUT2D eigenvalue weighted by Crippen LogP contribution is 2.36. The highest BCUT2D eigenvalue weighted by atomic mass is 16.7. The van der Waals surface area contributed by atoms with Crippen LogP contribution in [0.2, 0.25) is 0 Å². The molecule has 366 valence electrons. The molecule has 0 bridgehead atoms. The average Bonchev–Trinajstić information content (AvgIpc) is 3.68. The van der Waals surface area contributed by atoms with E-state index in [1.54, 1.807) is 0 Å². The Morgan fingerprint density at radius 3 is 1.37 bits per heavy atom. The third-order valence-corrected chi connectivity index (χ3v) is 13.9. The Morgan fingerprint density at radius 2 is 0.952 bits per heavy atom. The molecule has 0 aliphatic carbocycles. The number of nitrogens with zero attached hydrogens (tertiary/aromatic N) is 2. The van der Waals surface area contributed by atoms with E-state index in [1.165, 1.54) is 103 Å². The zero-order valence-corrected chi connectivity index (χ0v) is 41.4. The van der Waals surface area contributed by atoms with Crippen LogP contribution in [0.1, 0.15) is 240 Å². The third-order valence-electron chi connectivity index (χ3n) is 13.9. The van der Waals surface area contributed by atoms with Crippen LogP contribution in [0.3, 0.4) is 0 Å². The lowest BCUT2D eigenvalue weighted by molar-refractivity contribution is -0.180. The summed E-state index contributed by atoms with van der Waals surface area (Å²) in [4.78, 5) is 29.9. The van der Waals surface area contributed by atoms with E-state index in [1.807, 2.05) is 0 Å². The predicted octanol–water partition coefficient (Wildman–Crippen LogP) is 13.0. The van der Waals surface area contributed by atoms with Crippen molar-refractivity contribution in [3.63, 3.8) is 0 Å². The lowest BCUT2D eigenvalue weighted by Crippen LogP contribution is -2.47. The van der Waals surface area contributed by atoms with Crippen molar-refractivity contribution in [3.05, 3.63) is 0 Å². The predicted molar refractivity (Wildman–Crippen MR) is 257 cm³/mol. The summed E-state index contributed by atoms with van der Waals surface area (Å²) in [5, 5.41) is 9.31. The molecule has 2 aliphatic rings. The maximum absolute atomic E-state index is 12.5. The van der Waals surface area contributed by atoms with Gasteiger partial charge in [-0.25, -0.2) is 0 Å². The van der Waals surface area contributed by atoms with Crippen LogP contribution in [-0.2, 0) is 28.5 Å². The summed E-state index contributed by atoms with van der Waals surface area (Å²) in [6.07, 6.45) is 37.1. The Kier molecular flexibility index (Phi) is 35.7. The number of carbonyl (C=O) groups is 2. The largest absolute Gasteiger partial charge is 0.466 e. The van der Waals surface area contributed by atoms with Gasteiger partial charge >= 0.3 is 11.9 Å². The summed E-state index contributed by atoms with van der Waals surface area (Å²) in [5.74, 6) is 0.854. The molecule has 2 heterocycles. The highest BCUT2D eigenvalue weighted by molar-refractivity contribution is 5.69. The van der Waals surface area contributed by atoms with Crippen molar-refractivity contribution >= 4 is 11.9 Å². The topological polar surface area (TPSA) is 97.8 Å². The highest BCUT2D eigenvalue weighted by Gasteiger charge is 2.40. The van der Waals surface area contributed by atoms with Gasteiger partial charge in [0, 0.05) is 65.0 Å². The van der Waals surface area contributed by atoms with E-state index >= 15 is 0 Å². The number of β-amino-alcohol motifs (C(OH)–C–C–N with tert-alkyl or cyclic N) is 1. The molecule has 9 nitrogen and oxygen atoms in total. The first-order chi connectivity index (χ1) is 30.4. The second-order valence-corrected chi connectivity index (χ2v) is 19.4. The molecule has 9 heteroatoms. The van der Waals surface area contributed by atoms with Gasteiger partial charge in [0.05, 0.1) is 32.5 Å². The van der Waals surface area contributed by atoms with Gasteiger partial charge in [-0.2, -0.15) is 0 Å². The van der Waals surface area contributed by atoms with E-state index in [0.29, 0.717) is 44.5 Å². The summed E-state index contributed by atoms with van der Waals surface area (Å²) in [5.41, 5.74) is 0. The van der Waals surface area contributed by atoms with Gasteiger partial charge in [0.25, 0.3) is 0 Å². The van der Waals surface area contributed by atoms with Gasteiger partial charge in [-0.05, 0) is 56.8 Å². The first-order valence-corrected chi connectivity index (χ1v) is 27.0. The SMILES string of the molecule is CCCCCC(CCCCC)CCOC(=O)CCCCCCCC1(CCCCCCCC(=O)OCCC(CCCCC)CCCCC)OCC(CCN2CCN(CCO)CC2)O1. The molecule has 0 radical (unpaired) electrons. The van der Waals surface area contributed by atoms with Gasteiger partial charge in [0.15, 0.2) is 5.79 Å². The van der Waals surface area contributed by atoms with Crippen LogP contribution in [0.4, 0.5) is 0 Å². The summed E-state index contributed by atoms with van der Waals surface area (Å²) < 4.78 is 24.8. The standard InChI is InChI=1S/C53H102N2O7/c1-5-9-19-27-48(28-20-10-6-2)34-45-59-51(57)31-23-15-13-17-25-36-53(61-47-50(62-53)33-38-54-39-41-55(42-40-54)43-44-56)37-26-18-14-16-24-32-52(58)60-46-35-49(29-21-11-7-3)30-22-12-8-4/h48-50,56H,5-47H2,1-4H3. The monoisotopic (exact) mass is 879 g/mol. The van der Waals surface area contributed by atoms with Gasteiger partial charge in [-0.15, -0.1) is 0 Å². The zero-order chi connectivity index (χ0) is 44.8. The number of hydrogen-bond donors (Lipinski definition) is 1. The maximum Gasteiger partial charge on any atom is 0.305 e. The molecular weight excluding hydrogens is 777 g/mol. The molecule has 1 unspecified atom stereocenters. The Hall–Kier alpha value is -1.26. The zero-order valence-electron chi connectivity index (χ0n) is 41.4. The molecular formula is C53H102N2O7. The molecule has 0 aromatic heterocycles. The Balaban J connectivity index is 1.69. The number of piperazine rings is 1. The number of esters is 2. The molecule has 2 aliphatic heterocycles. The fraction of sp³-hybridized carbons (Fsp3) is 0.962. The van der Waals surface area contributed by atoms with Gasteiger partial charge in [-0.1, -0.05) is 169 Å². The first-order valence-electron chi connectivity index (χ1n) is 27.0. The quantitative estimate of drug-likeness (QED) is 0.0474. The van der Waals surface area contributed by atoms with E-state index in [-0.39, 0.29) is 24.6 Å². The number of aliphatic hydroxyl groups is 1. The van der Waals surface area contributed by atoms with E-state index in [9.17, 15) is 14.7 Å². The van der Waals surface area contributed by atoms with E-state index in [4.69, 9.17) is 18.9 Å². The molecule has 0 amide bonds. The minimum absolute atomic E-state index is 0.0229. The Bertz CT molecular complexity index is 961. The molecule has 0 saturated carbocycles. The molecule has 0 aromatic carbocycles. The molecule has 0 spiro atoms. The fourth-order valence-corrected chi connectivity index (χ4v) is 9.66. The van der Waals surface area contributed by atoms with Crippen LogP contribution in [0, 0.1) is 11.8 Å². The number of carbonyl (C=O) groups excluding carboxylic acids is 2. The van der Waals surface area contributed by atoms with Crippen LogP contribution < -0.4 is 0 Å². The molecule has 2 fully saturated rings. The van der Waals surface area contributed by atoms with E-state index in [0.717, 1.165) is 136 Å². The number of aliphatic hydroxyl groups excluding tert-OH is 1. The van der Waals surface area contributed by atoms with E-state index in [2.05, 4.69) is 37.5 Å². The van der Waals surface area contributed by atoms with Gasteiger partial charge in [0.2, 0.25) is 0 Å². The molecule has 1 atom stereocenters. The number of rotatable bonds is 43. The summed E-state index contributed by atoms with van der Waals surface area (Å²) in [7, 11) is 0. The summed E-state index contributed by atoms with van der Waals surface area (Å²) in [6, 6.07) is 0. The smallest absolute Gasteiger partial charge is 0.305 e. The van der Waals surface area contributed by atoms with Gasteiger partial charge < -0.3 is 29.0 Å². The third kappa shape index (κ3) is 29.3. The molecule has 62 heavy (non-hydrogen) atoms. The van der Waals surface area contributed by atoms with Crippen molar-refractivity contribution in [1.82, 2.24) is 9.80 Å². The van der Waals surface area contributed by atoms with Crippen molar-refractivity contribution in [3.8, 4) is 0 Å². The fourth-order valence-electron chi connectivity index (χ4n) is 9.66. The first kappa shape index (κ1) is 56.9. The minimum atomic E-state index is -0.492. The maximum atomic E-state index is 12.5. The number of hydrogen-bond acceptors (Lipinski definition) is 9. The molecule has 2 rings (SSSR count). The van der Waals surface area contributed by atoms with Crippen LogP contribution in [0.15, 0.2) is 0 Å². The molecule has 0 aromatic rings. The lowest BCUT2D eigenvalue weighted by atomic mass is 9.92. The minimum Gasteiger partial charge on any atom is -0.466 e. The Morgan fingerprint density at radius 1 is 0.548 bits per heavy atom. The summed E-state index contributed by atoms with van der Waals surface area (Å²) >= 11 is 0. The van der Waals surface area contributed by atoms with Gasteiger partial charge in [0.1, 0.15) is 0 Å². The van der Waals surface area contributed by atoms with Crippen molar-refractivity contribution in [2.24, 2.45) is 11.8 Å². The van der Waals surface area contributed by atoms with Crippen LogP contribution in [-0.4, -0.2) is 104 Å². The number of unbranched alkanes of at least 4 members (excludes halogenated alkanes) is 16. The number of ether oxygens (including phenoxy) is 4. The second-order valence-electron chi connectivity index (χ2n) is 19.4. The van der Waals surface area contributed by atoms with Crippen molar-refractivity contribution in [2.45, 2.75) is 251 Å². The van der Waals surface area contributed by atoms with Crippen molar-refractivity contribution < 1.29 is 33.6 Å². The van der Waals surface area contributed by atoms with Crippen LogP contribution >= 0.6 is 0 Å². The van der Waals surface area contributed by atoms with Crippen molar-refractivity contribution in [1.29, 1.82) is 0 Å². The average molecular weight is 879 g/mol. The van der Waals surface area contributed by atoms with Crippen molar-refractivity contribution in [2.75, 3.05) is 65.7 Å². The second kappa shape index (κ2) is 39.0. The normalized spacial score (nSPS) is 17.1. The Labute approximate surface area is 383 Å². The van der Waals surface area contributed by atoms with Gasteiger partial charge in [-0.3, -0.25) is 14.5 Å². The van der Waals surface area contributed by atoms with Crippen LogP contribution in [0.5, 0.6) is 0 Å². The molecule has 2 saturated heterocycles. The molecule has 1 N–H and O–H groups in total. The summed E-state index contributed by atoms with van der Waals surface area (Å²) in [6.45, 7) is 17.1. The van der Waals surface area contributed by atoms with E-state index < -0.39 is 5.79 Å².